The molecule has 0 aromatic heterocycles. The maximum atomic E-state index is 11.5. The zero-order valence-corrected chi connectivity index (χ0v) is 9.62. The van der Waals surface area contributed by atoms with Gasteiger partial charge in [-0.25, -0.2) is 4.79 Å². The summed E-state index contributed by atoms with van der Waals surface area (Å²) >= 11 is 4.11. The number of carbonyl (C=O) groups excluding carboxylic acids is 1. The zero-order chi connectivity index (χ0) is 12.1. The third-order valence-corrected chi connectivity index (χ3v) is 2.42. The van der Waals surface area contributed by atoms with Crippen LogP contribution in [0.15, 0.2) is 17.0 Å². The third-order valence-electron chi connectivity index (χ3n) is 2.00. The molecule has 0 spiro atoms. The quantitative estimate of drug-likeness (QED) is 0.617. The van der Waals surface area contributed by atoms with Crippen molar-refractivity contribution >= 4 is 18.6 Å². The van der Waals surface area contributed by atoms with E-state index in [9.17, 15) is 4.79 Å². The summed E-state index contributed by atoms with van der Waals surface area (Å²) in [5.74, 6) is -0.568. The molecule has 5 heteroatoms. The second-order valence-electron chi connectivity index (χ2n) is 3.02. The molecular weight excluding hydrogens is 226 g/mol. The highest BCUT2D eigenvalue weighted by Crippen LogP contribution is 2.20. The summed E-state index contributed by atoms with van der Waals surface area (Å²) in [7, 11) is 0. The van der Waals surface area contributed by atoms with Gasteiger partial charge in [0.1, 0.15) is 6.07 Å². The highest BCUT2D eigenvalue weighted by molar-refractivity contribution is 7.80. The molecule has 1 rings (SSSR count). The van der Waals surface area contributed by atoms with Crippen molar-refractivity contribution in [3.8, 4) is 6.07 Å². The SMILES string of the molecule is CCOC(=O)c1cc(CO)c(S)cc1C#N. The molecule has 0 radical (unpaired) electrons. The minimum Gasteiger partial charge on any atom is -0.462 e. The van der Waals surface area contributed by atoms with E-state index in [0.29, 0.717) is 10.5 Å². The van der Waals surface area contributed by atoms with Gasteiger partial charge in [0.25, 0.3) is 0 Å². The van der Waals surface area contributed by atoms with Crippen LogP contribution in [0.1, 0.15) is 28.4 Å². The summed E-state index contributed by atoms with van der Waals surface area (Å²) < 4.78 is 4.81. The monoisotopic (exact) mass is 237 g/mol. The number of nitrogens with zero attached hydrogens (tertiary/aromatic N) is 1. The van der Waals surface area contributed by atoms with Crippen LogP contribution in [0.5, 0.6) is 0 Å². The average molecular weight is 237 g/mol. The van der Waals surface area contributed by atoms with Crippen molar-refractivity contribution in [3.05, 3.63) is 28.8 Å². The number of thiol groups is 1. The number of hydrogen-bond donors (Lipinski definition) is 2. The summed E-state index contributed by atoms with van der Waals surface area (Å²) in [6.07, 6.45) is 0. The Kier molecular flexibility index (Phi) is 4.35. The Morgan fingerprint density at radius 3 is 2.81 bits per heavy atom. The molecule has 1 N–H and O–H groups in total. The summed E-state index contributed by atoms with van der Waals surface area (Å²) in [5, 5.41) is 17.9. The lowest BCUT2D eigenvalue weighted by molar-refractivity contribution is 0.0525. The summed E-state index contributed by atoms with van der Waals surface area (Å²) in [5.41, 5.74) is 0.845. The first-order valence-corrected chi connectivity index (χ1v) is 5.12. The maximum absolute atomic E-state index is 11.5. The fourth-order valence-electron chi connectivity index (χ4n) is 1.23. The van der Waals surface area contributed by atoms with Crippen LogP contribution < -0.4 is 0 Å². The Morgan fingerprint density at radius 2 is 2.31 bits per heavy atom. The van der Waals surface area contributed by atoms with E-state index in [4.69, 9.17) is 15.1 Å². The van der Waals surface area contributed by atoms with Crippen molar-refractivity contribution in [2.75, 3.05) is 6.61 Å². The smallest absolute Gasteiger partial charge is 0.339 e. The summed E-state index contributed by atoms with van der Waals surface area (Å²) in [6, 6.07) is 4.77. The molecule has 0 unspecified atom stereocenters. The molecule has 84 valence electrons. The van der Waals surface area contributed by atoms with Crippen LogP contribution in [0.4, 0.5) is 0 Å². The number of aliphatic hydroxyl groups is 1. The predicted octanol–water partition coefficient (Wildman–Crippen LogP) is 1.52. The van der Waals surface area contributed by atoms with Gasteiger partial charge in [-0.3, -0.25) is 0 Å². The molecule has 0 amide bonds. The molecule has 0 bridgehead atoms. The molecule has 16 heavy (non-hydrogen) atoms. The van der Waals surface area contributed by atoms with Crippen molar-refractivity contribution in [3.63, 3.8) is 0 Å². The van der Waals surface area contributed by atoms with Gasteiger partial charge in [0.05, 0.1) is 24.3 Å². The van der Waals surface area contributed by atoms with Crippen molar-refractivity contribution < 1.29 is 14.6 Å². The van der Waals surface area contributed by atoms with Gasteiger partial charge >= 0.3 is 5.97 Å². The fourth-order valence-corrected chi connectivity index (χ4v) is 1.49. The number of hydrogen-bond acceptors (Lipinski definition) is 5. The van der Waals surface area contributed by atoms with Gasteiger partial charge < -0.3 is 9.84 Å². The molecule has 0 saturated heterocycles. The lowest BCUT2D eigenvalue weighted by Gasteiger charge is -2.07. The Hall–Kier alpha value is -1.51. The van der Waals surface area contributed by atoms with Crippen molar-refractivity contribution in [1.29, 1.82) is 5.26 Å². The minimum atomic E-state index is -0.568. The molecule has 0 atom stereocenters. The molecule has 0 heterocycles. The standard InChI is InChI=1S/C11H11NO3S/c1-2-15-11(14)9-3-8(6-13)10(16)4-7(9)5-12/h3-4,13,16H,2,6H2,1H3. The Labute approximate surface area is 98.9 Å². The van der Waals surface area contributed by atoms with Crippen molar-refractivity contribution in [1.82, 2.24) is 0 Å². The molecule has 0 aliphatic heterocycles. The van der Waals surface area contributed by atoms with Gasteiger partial charge in [0, 0.05) is 4.90 Å². The highest BCUT2D eigenvalue weighted by Gasteiger charge is 2.15. The van der Waals surface area contributed by atoms with Crippen LogP contribution >= 0.6 is 12.6 Å². The van der Waals surface area contributed by atoms with Gasteiger partial charge in [0.2, 0.25) is 0 Å². The molecule has 0 aliphatic rings. The van der Waals surface area contributed by atoms with Gasteiger partial charge in [0.15, 0.2) is 0 Å². The number of rotatable bonds is 3. The first-order valence-electron chi connectivity index (χ1n) is 4.68. The molecule has 1 aromatic carbocycles. The number of nitriles is 1. The second-order valence-corrected chi connectivity index (χ2v) is 3.50. The van der Waals surface area contributed by atoms with Crippen LogP contribution in [-0.4, -0.2) is 17.7 Å². The van der Waals surface area contributed by atoms with Gasteiger partial charge in [-0.1, -0.05) is 0 Å². The minimum absolute atomic E-state index is 0.159. The van der Waals surface area contributed by atoms with E-state index >= 15 is 0 Å². The van der Waals surface area contributed by atoms with E-state index in [-0.39, 0.29) is 24.3 Å². The molecule has 0 fully saturated rings. The van der Waals surface area contributed by atoms with Gasteiger partial charge in [-0.2, -0.15) is 5.26 Å². The van der Waals surface area contributed by atoms with Crippen molar-refractivity contribution in [2.45, 2.75) is 18.4 Å². The van der Waals surface area contributed by atoms with Crippen LogP contribution in [-0.2, 0) is 11.3 Å². The first kappa shape index (κ1) is 12.6. The van der Waals surface area contributed by atoms with E-state index in [2.05, 4.69) is 12.6 Å². The van der Waals surface area contributed by atoms with E-state index in [0.717, 1.165) is 0 Å². The molecule has 0 aliphatic carbocycles. The number of aliphatic hydroxyl groups excluding tert-OH is 1. The van der Waals surface area contributed by atoms with Crippen molar-refractivity contribution in [2.24, 2.45) is 0 Å². The normalized spacial score (nSPS) is 9.62. The van der Waals surface area contributed by atoms with E-state index < -0.39 is 5.97 Å². The lowest BCUT2D eigenvalue weighted by Crippen LogP contribution is -2.08. The van der Waals surface area contributed by atoms with Crippen LogP contribution in [0.2, 0.25) is 0 Å². The topological polar surface area (TPSA) is 70.3 Å². The zero-order valence-electron chi connectivity index (χ0n) is 8.73. The number of esters is 1. The third kappa shape index (κ3) is 2.54. The van der Waals surface area contributed by atoms with E-state index in [1.807, 2.05) is 6.07 Å². The van der Waals surface area contributed by atoms with Gasteiger partial charge in [-0.05, 0) is 24.6 Å². The Bertz CT molecular complexity index is 451. The van der Waals surface area contributed by atoms with E-state index in [1.165, 1.54) is 12.1 Å². The summed E-state index contributed by atoms with van der Waals surface area (Å²) in [6.45, 7) is 1.68. The fraction of sp³-hybridized carbons (Fsp3) is 0.273. The van der Waals surface area contributed by atoms with Crippen LogP contribution in [0.3, 0.4) is 0 Å². The second kappa shape index (κ2) is 5.54. The predicted molar refractivity (Wildman–Crippen MR) is 60.3 cm³/mol. The van der Waals surface area contributed by atoms with E-state index in [1.54, 1.807) is 6.92 Å². The molecular formula is C11H11NO3S. The number of ether oxygens (including phenoxy) is 1. The van der Waals surface area contributed by atoms with Gasteiger partial charge in [-0.15, -0.1) is 12.6 Å². The number of benzene rings is 1. The molecule has 4 nitrogen and oxygen atoms in total. The molecule has 0 saturated carbocycles. The maximum Gasteiger partial charge on any atom is 0.339 e. The average Bonchev–Trinajstić information content (AvgIpc) is 2.28. The summed E-state index contributed by atoms with van der Waals surface area (Å²) in [4.78, 5) is 12.0. The lowest BCUT2D eigenvalue weighted by atomic mass is 10.0. The highest BCUT2D eigenvalue weighted by atomic mass is 32.1. The first-order chi connectivity index (χ1) is 7.63. The molecule has 1 aromatic rings. The Morgan fingerprint density at radius 1 is 1.62 bits per heavy atom. The van der Waals surface area contributed by atoms with Crippen LogP contribution in [0.25, 0.3) is 0 Å². The Balaban J connectivity index is 3.26. The van der Waals surface area contributed by atoms with Crippen LogP contribution in [0, 0.1) is 11.3 Å². The largest absolute Gasteiger partial charge is 0.462 e. The number of carbonyl (C=O) groups is 1.